The summed E-state index contributed by atoms with van der Waals surface area (Å²) < 4.78 is 13.1. The normalized spacial score (nSPS) is 12.2. The third-order valence-electron chi connectivity index (χ3n) is 3.29. The van der Waals surface area contributed by atoms with E-state index in [1.54, 1.807) is 6.20 Å². The van der Waals surface area contributed by atoms with Gasteiger partial charge in [-0.2, -0.15) is 0 Å². The fourth-order valence-corrected chi connectivity index (χ4v) is 1.97. The molecule has 1 aromatic carbocycles. The van der Waals surface area contributed by atoms with Crippen LogP contribution in [0.25, 0.3) is 0 Å². The molecule has 1 heterocycles. The molecule has 0 aliphatic heterocycles. The van der Waals surface area contributed by atoms with Crippen molar-refractivity contribution in [2.45, 2.75) is 19.5 Å². The van der Waals surface area contributed by atoms with Crippen LogP contribution in [0.4, 0.5) is 10.1 Å². The summed E-state index contributed by atoms with van der Waals surface area (Å²) in [6, 6.07) is 9.95. The molecule has 1 unspecified atom stereocenters. The standard InChI is InChI=1S/C16H20FN3/c1-12(14-8-15(17)11-18-10-14)19-9-13-4-6-16(7-5-13)20(2)3/h4-8,10-12,19H,9H2,1-3H3. The van der Waals surface area contributed by atoms with Crippen molar-refractivity contribution in [1.29, 1.82) is 0 Å². The van der Waals surface area contributed by atoms with E-state index in [1.165, 1.54) is 23.5 Å². The van der Waals surface area contributed by atoms with E-state index in [0.717, 1.165) is 12.1 Å². The minimum Gasteiger partial charge on any atom is -0.378 e. The maximum Gasteiger partial charge on any atom is 0.141 e. The molecule has 0 aliphatic carbocycles. The molecular formula is C16H20FN3. The Morgan fingerprint density at radius 3 is 2.50 bits per heavy atom. The van der Waals surface area contributed by atoms with Crippen LogP contribution in [0.2, 0.25) is 0 Å². The van der Waals surface area contributed by atoms with Crippen LogP contribution in [0.3, 0.4) is 0 Å². The van der Waals surface area contributed by atoms with Crippen molar-refractivity contribution in [3.63, 3.8) is 0 Å². The Hall–Kier alpha value is -1.94. The third kappa shape index (κ3) is 3.78. The van der Waals surface area contributed by atoms with Crippen LogP contribution in [0.1, 0.15) is 24.1 Å². The number of aromatic nitrogens is 1. The molecule has 0 bridgehead atoms. The van der Waals surface area contributed by atoms with Gasteiger partial charge in [0.25, 0.3) is 0 Å². The molecule has 0 saturated carbocycles. The fraction of sp³-hybridized carbons (Fsp3) is 0.312. The van der Waals surface area contributed by atoms with Crippen LogP contribution in [-0.2, 0) is 6.54 Å². The van der Waals surface area contributed by atoms with Crippen LogP contribution in [-0.4, -0.2) is 19.1 Å². The molecule has 0 fully saturated rings. The topological polar surface area (TPSA) is 28.2 Å². The molecule has 0 aliphatic rings. The molecule has 0 spiro atoms. The SMILES string of the molecule is CC(NCc1ccc(N(C)C)cc1)c1cncc(F)c1. The monoisotopic (exact) mass is 273 g/mol. The molecule has 2 aromatic rings. The number of nitrogens with zero attached hydrogens (tertiary/aromatic N) is 2. The first-order valence-corrected chi connectivity index (χ1v) is 6.66. The van der Waals surface area contributed by atoms with Gasteiger partial charge in [0, 0.05) is 38.6 Å². The molecule has 0 radical (unpaired) electrons. The number of benzene rings is 1. The van der Waals surface area contributed by atoms with Gasteiger partial charge in [0.15, 0.2) is 0 Å². The third-order valence-corrected chi connectivity index (χ3v) is 3.29. The molecule has 0 amide bonds. The lowest BCUT2D eigenvalue weighted by Crippen LogP contribution is -2.18. The second-order valence-electron chi connectivity index (χ2n) is 5.10. The first kappa shape index (κ1) is 14.5. The molecule has 0 saturated heterocycles. The van der Waals surface area contributed by atoms with Crippen molar-refractivity contribution >= 4 is 5.69 Å². The van der Waals surface area contributed by atoms with E-state index >= 15 is 0 Å². The summed E-state index contributed by atoms with van der Waals surface area (Å²) in [6.45, 7) is 2.75. The Labute approximate surface area is 119 Å². The fourth-order valence-electron chi connectivity index (χ4n) is 1.97. The van der Waals surface area contributed by atoms with Gasteiger partial charge in [-0.3, -0.25) is 4.98 Å². The summed E-state index contributed by atoms with van der Waals surface area (Å²) in [5.74, 6) is -0.300. The highest BCUT2D eigenvalue weighted by molar-refractivity contribution is 5.45. The first-order chi connectivity index (χ1) is 9.56. The summed E-state index contributed by atoms with van der Waals surface area (Å²) in [4.78, 5) is 5.94. The van der Waals surface area contributed by atoms with Crippen LogP contribution in [0, 0.1) is 5.82 Å². The van der Waals surface area contributed by atoms with Crippen molar-refractivity contribution in [3.8, 4) is 0 Å². The van der Waals surface area contributed by atoms with Crippen LogP contribution in [0.15, 0.2) is 42.7 Å². The minimum absolute atomic E-state index is 0.0618. The summed E-state index contributed by atoms with van der Waals surface area (Å²) in [7, 11) is 4.04. The number of hydrogen-bond acceptors (Lipinski definition) is 3. The average Bonchev–Trinajstić information content (AvgIpc) is 2.45. The van der Waals surface area contributed by atoms with E-state index in [4.69, 9.17) is 0 Å². The van der Waals surface area contributed by atoms with Gasteiger partial charge in [0.05, 0.1) is 6.20 Å². The summed E-state index contributed by atoms with van der Waals surface area (Å²) in [5, 5.41) is 3.37. The summed E-state index contributed by atoms with van der Waals surface area (Å²) in [6.07, 6.45) is 2.91. The van der Waals surface area contributed by atoms with Crippen LogP contribution < -0.4 is 10.2 Å². The van der Waals surface area contributed by atoms with Gasteiger partial charge in [-0.1, -0.05) is 12.1 Å². The summed E-state index contributed by atoms with van der Waals surface area (Å²) in [5.41, 5.74) is 3.23. The van der Waals surface area contributed by atoms with Gasteiger partial charge in [-0.05, 0) is 36.2 Å². The van der Waals surface area contributed by atoms with E-state index in [-0.39, 0.29) is 11.9 Å². The smallest absolute Gasteiger partial charge is 0.141 e. The van der Waals surface area contributed by atoms with E-state index in [0.29, 0.717) is 0 Å². The molecule has 3 nitrogen and oxygen atoms in total. The van der Waals surface area contributed by atoms with Crippen molar-refractivity contribution in [3.05, 3.63) is 59.7 Å². The Balaban J connectivity index is 1.94. The number of halogens is 1. The zero-order valence-corrected chi connectivity index (χ0v) is 12.1. The molecule has 4 heteroatoms. The molecule has 106 valence electrons. The maximum absolute atomic E-state index is 13.1. The quantitative estimate of drug-likeness (QED) is 0.907. The van der Waals surface area contributed by atoms with Gasteiger partial charge in [0.2, 0.25) is 0 Å². The molecule has 1 N–H and O–H groups in total. The van der Waals surface area contributed by atoms with Crippen molar-refractivity contribution in [2.75, 3.05) is 19.0 Å². The van der Waals surface area contributed by atoms with E-state index in [2.05, 4.69) is 39.5 Å². The zero-order valence-electron chi connectivity index (χ0n) is 12.1. The van der Waals surface area contributed by atoms with Gasteiger partial charge in [0.1, 0.15) is 5.82 Å². The predicted octanol–water partition coefficient (Wildman–Crippen LogP) is 3.14. The second kappa shape index (κ2) is 6.48. The van der Waals surface area contributed by atoms with Gasteiger partial charge < -0.3 is 10.2 Å². The van der Waals surface area contributed by atoms with Gasteiger partial charge in [-0.15, -0.1) is 0 Å². The zero-order chi connectivity index (χ0) is 14.5. The summed E-state index contributed by atoms with van der Waals surface area (Å²) >= 11 is 0. The van der Waals surface area contributed by atoms with Crippen molar-refractivity contribution in [1.82, 2.24) is 10.3 Å². The Kier molecular flexibility index (Phi) is 4.69. The highest BCUT2D eigenvalue weighted by Crippen LogP contribution is 2.15. The lowest BCUT2D eigenvalue weighted by Gasteiger charge is -2.15. The second-order valence-corrected chi connectivity index (χ2v) is 5.10. The average molecular weight is 273 g/mol. The van der Waals surface area contributed by atoms with E-state index < -0.39 is 0 Å². The number of hydrogen-bond donors (Lipinski definition) is 1. The highest BCUT2D eigenvalue weighted by atomic mass is 19.1. The Morgan fingerprint density at radius 1 is 1.20 bits per heavy atom. The number of pyridine rings is 1. The lowest BCUT2D eigenvalue weighted by atomic mass is 10.1. The Bertz CT molecular complexity index is 552. The number of anilines is 1. The van der Waals surface area contributed by atoms with Gasteiger partial charge >= 0.3 is 0 Å². The Morgan fingerprint density at radius 2 is 1.90 bits per heavy atom. The molecular weight excluding hydrogens is 253 g/mol. The number of rotatable bonds is 5. The van der Waals surface area contributed by atoms with Crippen LogP contribution in [0.5, 0.6) is 0 Å². The highest BCUT2D eigenvalue weighted by Gasteiger charge is 2.06. The number of nitrogens with one attached hydrogen (secondary N) is 1. The van der Waals surface area contributed by atoms with Crippen molar-refractivity contribution in [2.24, 2.45) is 0 Å². The lowest BCUT2D eigenvalue weighted by molar-refractivity contribution is 0.561. The predicted molar refractivity (Wildman–Crippen MR) is 80.2 cm³/mol. The maximum atomic E-state index is 13.1. The molecule has 1 aromatic heterocycles. The minimum atomic E-state index is -0.300. The molecule has 2 rings (SSSR count). The van der Waals surface area contributed by atoms with Gasteiger partial charge in [-0.25, -0.2) is 4.39 Å². The van der Waals surface area contributed by atoms with Crippen molar-refractivity contribution < 1.29 is 4.39 Å². The first-order valence-electron chi connectivity index (χ1n) is 6.66. The molecule has 1 atom stereocenters. The largest absolute Gasteiger partial charge is 0.378 e. The van der Waals surface area contributed by atoms with E-state index in [9.17, 15) is 4.39 Å². The molecule has 20 heavy (non-hydrogen) atoms. The van der Waals surface area contributed by atoms with E-state index in [1.807, 2.05) is 21.0 Å². The van der Waals surface area contributed by atoms with Crippen LogP contribution >= 0.6 is 0 Å².